The lowest BCUT2D eigenvalue weighted by atomic mass is 10.1. The maximum absolute atomic E-state index is 12.1. The number of halogens is 1. The molecule has 0 saturated heterocycles. The highest BCUT2D eigenvalue weighted by atomic mass is 35.5. The van der Waals surface area contributed by atoms with Crippen LogP contribution in [0.2, 0.25) is 5.02 Å². The van der Waals surface area contributed by atoms with Gasteiger partial charge in [-0.25, -0.2) is 0 Å². The van der Waals surface area contributed by atoms with Crippen molar-refractivity contribution in [2.45, 2.75) is 19.6 Å². The number of nitrogens with one attached hydrogen (secondary N) is 1. The molecule has 5 nitrogen and oxygen atoms in total. The number of benzene rings is 2. The summed E-state index contributed by atoms with van der Waals surface area (Å²) in [4.78, 5) is 25.5. The Morgan fingerprint density at radius 1 is 1.16 bits per heavy atom. The van der Waals surface area contributed by atoms with E-state index in [2.05, 4.69) is 5.32 Å². The monoisotopic (exact) mass is 360 g/mol. The maximum Gasteiger partial charge on any atom is 0.261 e. The third kappa shape index (κ3) is 5.50. The molecule has 0 aliphatic carbocycles. The fourth-order valence-corrected chi connectivity index (χ4v) is 2.33. The van der Waals surface area contributed by atoms with Gasteiger partial charge in [0.1, 0.15) is 5.75 Å². The Bertz CT molecular complexity index is 745. The lowest BCUT2D eigenvalue weighted by Crippen LogP contribution is -2.35. The Hall–Kier alpha value is -2.53. The average Bonchev–Trinajstić information content (AvgIpc) is 2.59. The molecule has 0 saturated carbocycles. The van der Waals surface area contributed by atoms with E-state index < -0.39 is 6.10 Å². The normalized spacial score (nSPS) is 11.5. The third-order valence-corrected chi connectivity index (χ3v) is 3.79. The number of carbonyl (C=O) groups is 2. The lowest BCUT2D eigenvalue weighted by molar-refractivity contribution is -0.127. The van der Waals surface area contributed by atoms with Crippen molar-refractivity contribution in [2.75, 3.05) is 14.1 Å². The van der Waals surface area contributed by atoms with Crippen LogP contribution < -0.4 is 10.1 Å². The average molecular weight is 361 g/mol. The SMILES string of the molecule is CC(Oc1cccc(Cl)c1)C(=O)NCc1ccc(C(=O)N(C)C)cc1. The van der Waals surface area contributed by atoms with E-state index in [4.69, 9.17) is 16.3 Å². The van der Waals surface area contributed by atoms with Crippen molar-refractivity contribution in [2.24, 2.45) is 0 Å². The molecule has 1 unspecified atom stereocenters. The number of nitrogens with zero attached hydrogens (tertiary/aromatic N) is 1. The van der Waals surface area contributed by atoms with Gasteiger partial charge in [0.2, 0.25) is 0 Å². The smallest absolute Gasteiger partial charge is 0.261 e. The first kappa shape index (κ1) is 18.8. The molecule has 1 atom stereocenters. The molecule has 2 aromatic rings. The van der Waals surface area contributed by atoms with Crippen molar-refractivity contribution in [3.63, 3.8) is 0 Å². The first-order valence-electron chi connectivity index (χ1n) is 7.87. The maximum atomic E-state index is 12.1. The van der Waals surface area contributed by atoms with Crippen LogP contribution in [0, 0.1) is 0 Å². The van der Waals surface area contributed by atoms with Crippen LogP contribution >= 0.6 is 11.6 Å². The van der Waals surface area contributed by atoms with Crippen LogP contribution in [0.15, 0.2) is 48.5 Å². The minimum atomic E-state index is -0.645. The summed E-state index contributed by atoms with van der Waals surface area (Å²) in [6, 6.07) is 14.0. The molecule has 2 aromatic carbocycles. The minimum Gasteiger partial charge on any atom is -0.481 e. The number of hydrogen-bond donors (Lipinski definition) is 1. The number of rotatable bonds is 6. The van der Waals surface area contributed by atoms with Crippen LogP contribution in [0.25, 0.3) is 0 Å². The van der Waals surface area contributed by atoms with Crippen LogP contribution in [0.3, 0.4) is 0 Å². The standard InChI is InChI=1S/C19H21ClN2O3/c1-13(25-17-6-4-5-16(20)11-17)18(23)21-12-14-7-9-15(10-8-14)19(24)22(2)3/h4-11,13H,12H2,1-3H3,(H,21,23). The van der Waals surface area contributed by atoms with Crippen molar-refractivity contribution in [1.29, 1.82) is 0 Å². The van der Waals surface area contributed by atoms with Gasteiger partial charge in [0, 0.05) is 31.2 Å². The van der Waals surface area contributed by atoms with Crippen molar-refractivity contribution in [1.82, 2.24) is 10.2 Å². The van der Waals surface area contributed by atoms with Gasteiger partial charge in [-0.3, -0.25) is 9.59 Å². The molecular formula is C19H21ClN2O3. The minimum absolute atomic E-state index is 0.0564. The van der Waals surface area contributed by atoms with Crippen LogP contribution in [-0.2, 0) is 11.3 Å². The quantitative estimate of drug-likeness (QED) is 0.861. The summed E-state index contributed by atoms with van der Waals surface area (Å²) in [5.74, 6) is 0.259. The van der Waals surface area contributed by atoms with E-state index in [0.717, 1.165) is 5.56 Å². The second-order valence-corrected chi connectivity index (χ2v) is 6.27. The first-order chi connectivity index (χ1) is 11.9. The van der Waals surface area contributed by atoms with Gasteiger partial charge in [0.05, 0.1) is 0 Å². The lowest BCUT2D eigenvalue weighted by Gasteiger charge is -2.15. The van der Waals surface area contributed by atoms with E-state index in [9.17, 15) is 9.59 Å². The summed E-state index contributed by atoms with van der Waals surface area (Å²) < 4.78 is 5.58. The molecule has 0 heterocycles. The Kier molecular flexibility index (Phi) is 6.42. The second kappa shape index (κ2) is 8.53. The molecule has 132 valence electrons. The Labute approximate surface area is 152 Å². The Morgan fingerprint density at radius 3 is 2.44 bits per heavy atom. The highest BCUT2D eigenvalue weighted by Crippen LogP contribution is 2.18. The van der Waals surface area contributed by atoms with E-state index in [-0.39, 0.29) is 11.8 Å². The van der Waals surface area contributed by atoms with Crippen LogP contribution in [0.1, 0.15) is 22.8 Å². The van der Waals surface area contributed by atoms with Gasteiger partial charge >= 0.3 is 0 Å². The molecule has 0 radical (unpaired) electrons. The fraction of sp³-hybridized carbons (Fsp3) is 0.263. The Balaban J connectivity index is 1.87. The number of ether oxygens (including phenoxy) is 1. The predicted octanol–water partition coefficient (Wildman–Crippen LogP) is 3.13. The summed E-state index contributed by atoms with van der Waals surface area (Å²) in [7, 11) is 3.41. The predicted molar refractivity (Wildman–Crippen MR) is 97.8 cm³/mol. The van der Waals surface area contributed by atoms with Crippen LogP contribution in [0.5, 0.6) is 5.75 Å². The Morgan fingerprint density at radius 2 is 1.84 bits per heavy atom. The van der Waals surface area contributed by atoms with Crippen LogP contribution in [0.4, 0.5) is 0 Å². The summed E-state index contributed by atoms with van der Waals surface area (Å²) >= 11 is 5.90. The van der Waals surface area contributed by atoms with Gasteiger partial charge in [0.15, 0.2) is 6.10 Å². The van der Waals surface area contributed by atoms with Gasteiger partial charge in [-0.2, -0.15) is 0 Å². The summed E-state index contributed by atoms with van der Waals surface area (Å²) in [5, 5.41) is 3.37. The van der Waals surface area contributed by atoms with Crippen molar-refractivity contribution >= 4 is 23.4 Å². The molecule has 2 amide bonds. The zero-order valence-corrected chi connectivity index (χ0v) is 15.2. The molecule has 1 N–H and O–H groups in total. The van der Waals surface area contributed by atoms with Crippen molar-refractivity contribution < 1.29 is 14.3 Å². The molecule has 25 heavy (non-hydrogen) atoms. The van der Waals surface area contributed by atoms with E-state index in [1.807, 2.05) is 12.1 Å². The molecule has 2 rings (SSSR count). The second-order valence-electron chi connectivity index (χ2n) is 5.83. The molecule has 0 spiro atoms. The van der Waals surface area contributed by atoms with Gasteiger partial charge < -0.3 is 15.0 Å². The number of amides is 2. The molecule has 0 aromatic heterocycles. The van der Waals surface area contributed by atoms with Gasteiger partial charge in [-0.05, 0) is 42.8 Å². The third-order valence-electron chi connectivity index (χ3n) is 3.55. The molecule has 0 aliphatic rings. The molecular weight excluding hydrogens is 340 g/mol. The zero-order valence-electron chi connectivity index (χ0n) is 14.5. The largest absolute Gasteiger partial charge is 0.481 e. The summed E-state index contributed by atoms with van der Waals surface area (Å²) in [6.45, 7) is 2.04. The first-order valence-corrected chi connectivity index (χ1v) is 8.25. The molecule has 0 bridgehead atoms. The van der Waals surface area contributed by atoms with Gasteiger partial charge in [0.25, 0.3) is 11.8 Å². The van der Waals surface area contributed by atoms with Crippen molar-refractivity contribution in [3.05, 3.63) is 64.7 Å². The topological polar surface area (TPSA) is 58.6 Å². The highest BCUT2D eigenvalue weighted by molar-refractivity contribution is 6.30. The molecule has 6 heteroatoms. The van der Waals surface area contributed by atoms with Gasteiger partial charge in [-0.1, -0.05) is 29.8 Å². The van der Waals surface area contributed by atoms with E-state index in [1.165, 1.54) is 4.90 Å². The summed E-state index contributed by atoms with van der Waals surface area (Å²) in [5.41, 5.74) is 1.51. The van der Waals surface area contributed by atoms with Crippen LogP contribution in [-0.4, -0.2) is 36.9 Å². The molecule has 0 fully saturated rings. The number of hydrogen-bond acceptors (Lipinski definition) is 3. The zero-order chi connectivity index (χ0) is 18.4. The fourth-order valence-electron chi connectivity index (χ4n) is 2.15. The highest BCUT2D eigenvalue weighted by Gasteiger charge is 2.14. The molecule has 0 aliphatic heterocycles. The van der Waals surface area contributed by atoms with Gasteiger partial charge in [-0.15, -0.1) is 0 Å². The van der Waals surface area contributed by atoms with E-state index in [0.29, 0.717) is 22.9 Å². The van der Waals surface area contributed by atoms with E-state index in [1.54, 1.807) is 57.4 Å². The van der Waals surface area contributed by atoms with E-state index >= 15 is 0 Å². The van der Waals surface area contributed by atoms with Crippen molar-refractivity contribution in [3.8, 4) is 5.75 Å². The summed E-state index contributed by atoms with van der Waals surface area (Å²) in [6.07, 6.45) is -0.645. The number of carbonyl (C=O) groups excluding carboxylic acids is 2.